The Hall–Kier alpha value is -2.64. The molecular weight excluding hydrogens is 484 g/mol. The fraction of sp³-hybridized carbons (Fsp3) is 0.385. The summed E-state index contributed by atoms with van der Waals surface area (Å²) in [5, 5.41) is 11.3. The lowest BCUT2D eigenvalue weighted by atomic mass is 9.95. The molecule has 0 aromatic heterocycles. The maximum absolute atomic E-state index is 13.1. The number of hydrogen-bond acceptors (Lipinski definition) is 5. The molecule has 0 bridgehead atoms. The molecule has 0 aliphatic carbocycles. The number of Topliss-reactive ketones (excluding diaryl/α,β-unsaturated/α-hetero) is 1. The topological polar surface area (TPSA) is 70.1 Å². The Bertz CT molecular complexity index is 1060. The molecule has 6 nitrogen and oxygen atoms in total. The van der Waals surface area contributed by atoms with E-state index in [2.05, 4.69) is 22.9 Å². The van der Waals surface area contributed by atoms with Crippen LogP contribution in [0.15, 0.2) is 52.5 Å². The van der Waals surface area contributed by atoms with Crippen molar-refractivity contribution in [3.05, 3.63) is 69.2 Å². The third kappa shape index (κ3) is 5.65. The monoisotopic (exact) mass is 514 g/mol. The van der Waals surface area contributed by atoms with Gasteiger partial charge in [0.2, 0.25) is 0 Å². The zero-order valence-corrected chi connectivity index (χ0v) is 21.2. The minimum Gasteiger partial charge on any atom is -0.507 e. The van der Waals surface area contributed by atoms with Gasteiger partial charge in [-0.3, -0.25) is 9.59 Å². The van der Waals surface area contributed by atoms with Gasteiger partial charge in [-0.1, -0.05) is 41.4 Å². The average molecular weight is 515 g/mol. The number of aliphatic hydroxyl groups is 1. The molecule has 3 rings (SSSR count). The largest absolute Gasteiger partial charge is 0.507 e. The number of ether oxygens (including phenoxy) is 1. The predicted molar refractivity (Wildman–Crippen MR) is 133 cm³/mol. The van der Waals surface area contributed by atoms with Crippen molar-refractivity contribution in [2.75, 3.05) is 33.8 Å². The Morgan fingerprint density at radius 3 is 2.58 bits per heavy atom. The maximum Gasteiger partial charge on any atom is 0.295 e. The second-order valence-corrected chi connectivity index (χ2v) is 9.45. The number of ketones is 1. The van der Waals surface area contributed by atoms with Crippen LogP contribution in [-0.2, 0) is 9.59 Å². The van der Waals surface area contributed by atoms with Crippen molar-refractivity contribution in [3.8, 4) is 5.75 Å². The number of rotatable bonds is 9. The summed E-state index contributed by atoms with van der Waals surface area (Å²) in [7, 11) is 3.83. The molecule has 176 valence electrons. The number of unbranched alkanes of at least 4 members (excludes halogenated alkanes) is 1. The summed E-state index contributed by atoms with van der Waals surface area (Å²) in [4.78, 5) is 29.6. The predicted octanol–water partition coefficient (Wildman–Crippen LogP) is 4.92. The van der Waals surface area contributed by atoms with E-state index in [-0.39, 0.29) is 11.3 Å². The molecule has 0 spiro atoms. The average Bonchev–Trinajstić information content (AvgIpc) is 3.03. The Morgan fingerprint density at radius 2 is 1.94 bits per heavy atom. The Kier molecular flexibility index (Phi) is 8.32. The molecule has 1 unspecified atom stereocenters. The van der Waals surface area contributed by atoms with E-state index in [9.17, 15) is 14.7 Å². The zero-order valence-electron chi connectivity index (χ0n) is 19.6. The molecule has 7 heteroatoms. The fourth-order valence-electron chi connectivity index (χ4n) is 3.88. The van der Waals surface area contributed by atoms with Crippen LogP contribution in [-0.4, -0.2) is 60.4 Å². The number of hydrogen-bond donors (Lipinski definition) is 1. The summed E-state index contributed by atoms with van der Waals surface area (Å²) in [6, 6.07) is 12.2. The third-order valence-electron chi connectivity index (χ3n) is 5.70. The van der Waals surface area contributed by atoms with Crippen molar-refractivity contribution in [2.45, 2.75) is 32.7 Å². The first-order chi connectivity index (χ1) is 15.7. The number of halogens is 1. The minimum absolute atomic E-state index is 0.107. The standard InChI is InChI=1S/C26H31BrN2O4/c1-5-6-14-33-21-11-10-19(15-17(21)2)24(30)22-23(18-8-7-9-20(27)16-18)29(13-12-28(3)4)26(32)25(22)31/h7-11,15-16,23,30H,5-6,12-14H2,1-4H3/b24-22-. The van der Waals surface area contributed by atoms with Gasteiger partial charge in [0, 0.05) is 23.1 Å². The lowest BCUT2D eigenvalue weighted by Gasteiger charge is -2.26. The summed E-state index contributed by atoms with van der Waals surface area (Å²) in [6.45, 7) is 5.60. The van der Waals surface area contributed by atoms with Crippen LogP contribution >= 0.6 is 15.9 Å². The number of carbonyl (C=O) groups excluding carboxylic acids is 2. The molecule has 33 heavy (non-hydrogen) atoms. The van der Waals surface area contributed by atoms with Crippen LogP contribution < -0.4 is 4.74 Å². The lowest BCUT2D eigenvalue weighted by Crippen LogP contribution is -2.35. The van der Waals surface area contributed by atoms with E-state index >= 15 is 0 Å². The SMILES string of the molecule is CCCCOc1ccc(/C(O)=C2/C(=O)C(=O)N(CCN(C)C)C2c2cccc(Br)c2)cc1C. The second kappa shape index (κ2) is 11.0. The molecule has 0 saturated carbocycles. The van der Waals surface area contributed by atoms with E-state index in [1.807, 2.05) is 50.2 Å². The van der Waals surface area contributed by atoms with Crippen LogP contribution in [0.1, 0.15) is 42.5 Å². The fourth-order valence-corrected chi connectivity index (χ4v) is 4.30. The van der Waals surface area contributed by atoms with Crippen LogP contribution in [0.2, 0.25) is 0 Å². The summed E-state index contributed by atoms with van der Waals surface area (Å²) in [6.07, 6.45) is 2.01. The Morgan fingerprint density at radius 1 is 1.18 bits per heavy atom. The van der Waals surface area contributed by atoms with Crippen LogP contribution in [0.5, 0.6) is 5.75 Å². The van der Waals surface area contributed by atoms with Gasteiger partial charge in [-0.25, -0.2) is 0 Å². The molecule has 1 saturated heterocycles. The number of aliphatic hydroxyl groups excluding tert-OH is 1. The van der Waals surface area contributed by atoms with Crippen molar-refractivity contribution in [2.24, 2.45) is 0 Å². The molecule has 1 aliphatic heterocycles. The molecule has 0 radical (unpaired) electrons. The summed E-state index contributed by atoms with van der Waals surface area (Å²) in [5.41, 5.74) is 2.22. The van der Waals surface area contributed by atoms with E-state index in [0.717, 1.165) is 34.2 Å². The first kappa shape index (κ1) is 25.0. The van der Waals surface area contributed by atoms with Crippen molar-refractivity contribution >= 4 is 33.4 Å². The van der Waals surface area contributed by atoms with E-state index in [1.54, 1.807) is 23.1 Å². The van der Waals surface area contributed by atoms with Gasteiger partial charge in [-0.15, -0.1) is 0 Å². The Balaban J connectivity index is 2.06. The highest BCUT2D eigenvalue weighted by molar-refractivity contribution is 9.10. The molecule has 1 aliphatic rings. The van der Waals surface area contributed by atoms with Crippen LogP contribution in [0.3, 0.4) is 0 Å². The van der Waals surface area contributed by atoms with E-state index in [1.165, 1.54) is 0 Å². The van der Waals surface area contributed by atoms with Crippen LogP contribution in [0, 0.1) is 6.92 Å². The number of likely N-dealkylation sites (tertiary alicyclic amines) is 1. The van der Waals surface area contributed by atoms with Gasteiger partial charge in [-0.05, 0) is 68.9 Å². The highest BCUT2D eigenvalue weighted by Gasteiger charge is 2.45. The van der Waals surface area contributed by atoms with E-state index < -0.39 is 17.7 Å². The quantitative estimate of drug-likeness (QED) is 0.222. The van der Waals surface area contributed by atoms with Crippen molar-refractivity contribution < 1.29 is 19.4 Å². The molecule has 1 N–H and O–H groups in total. The molecule has 1 fully saturated rings. The normalized spacial score (nSPS) is 17.8. The smallest absolute Gasteiger partial charge is 0.295 e. The molecule has 2 aromatic carbocycles. The van der Waals surface area contributed by atoms with Gasteiger partial charge in [-0.2, -0.15) is 0 Å². The maximum atomic E-state index is 13.1. The summed E-state index contributed by atoms with van der Waals surface area (Å²) < 4.78 is 6.65. The van der Waals surface area contributed by atoms with Crippen molar-refractivity contribution in [1.82, 2.24) is 9.80 Å². The number of amides is 1. The Labute approximate surface area is 204 Å². The molecular formula is C26H31BrN2O4. The van der Waals surface area contributed by atoms with Gasteiger partial charge < -0.3 is 19.6 Å². The number of likely N-dealkylation sites (N-methyl/N-ethyl adjacent to an activating group) is 1. The molecule has 1 atom stereocenters. The summed E-state index contributed by atoms with van der Waals surface area (Å²) >= 11 is 3.48. The highest BCUT2D eigenvalue weighted by Crippen LogP contribution is 2.40. The minimum atomic E-state index is -0.669. The van der Waals surface area contributed by atoms with Gasteiger partial charge in [0.25, 0.3) is 11.7 Å². The van der Waals surface area contributed by atoms with Crippen LogP contribution in [0.4, 0.5) is 0 Å². The third-order valence-corrected chi connectivity index (χ3v) is 6.19. The second-order valence-electron chi connectivity index (χ2n) is 8.53. The van der Waals surface area contributed by atoms with Gasteiger partial charge in [0.1, 0.15) is 11.5 Å². The molecule has 2 aromatic rings. The van der Waals surface area contributed by atoms with Crippen molar-refractivity contribution in [3.63, 3.8) is 0 Å². The molecule has 1 heterocycles. The van der Waals surface area contributed by atoms with Gasteiger partial charge >= 0.3 is 0 Å². The number of aryl methyl sites for hydroxylation is 1. The summed E-state index contributed by atoms with van der Waals surface area (Å²) in [5.74, 6) is -0.694. The van der Waals surface area contributed by atoms with Gasteiger partial charge in [0.05, 0.1) is 18.2 Å². The van der Waals surface area contributed by atoms with Crippen LogP contribution in [0.25, 0.3) is 5.76 Å². The van der Waals surface area contributed by atoms with E-state index in [4.69, 9.17) is 4.74 Å². The number of benzene rings is 2. The van der Waals surface area contributed by atoms with Gasteiger partial charge in [0.15, 0.2) is 0 Å². The molecule has 1 amide bonds. The number of nitrogens with zero attached hydrogens (tertiary/aromatic N) is 2. The first-order valence-electron chi connectivity index (χ1n) is 11.2. The van der Waals surface area contributed by atoms with Crippen molar-refractivity contribution in [1.29, 1.82) is 0 Å². The van der Waals surface area contributed by atoms with E-state index in [0.29, 0.717) is 25.3 Å². The lowest BCUT2D eigenvalue weighted by molar-refractivity contribution is -0.140. The first-order valence-corrected chi connectivity index (χ1v) is 12.0. The zero-order chi connectivity index (χ0) is 24.1. The number of carbonyl (C=O) groups is 2. The highest BCUT2D eigenvalue weighted by atomic mass is 79.9.